The van der Waals surface area contributed by atoms with Crippen molar-refractivity contribution in [2.75, 3.05) is 13.1 Å². The van der Waals surface area contributed by atoms with Crippen molar-refractivity contribution < 1.29 is 9.32 Å². The van der Waals surface area contributed by atoms with Crippen molar-refractivity contribution in [3.8, 4) is 0 Å². The van der Waals surface area contributed by atoms with E-state index < -0.39 is 0 Å². The maximum absolute atomic E-state index is 12.2. The van der Waals surface area contributed by atoms with Gasteiger partial charge in [0.2, 0.25) is 0 Å². The molecular formula is C13H16N4O2. The minimum absolute atomic E-state index is 0.0816. The lowest BCUT2D eigenvalue weighted by molar-refractivity contribution is 0.0929. The maximum atomic E-state index is 12.2. The van der Waals surface area contributed by atoms with Crippen LogP contribution in [-0.2, 0) is 0 Å². The van der Waals surface area contributed by atoms with Gasteiger partial charge < -0.3 is 15.2 Å². The third-order valence-electron chi connectivity index (χ3n) is 3.45. The quantitative estimate of drug-likeness (QED) is 0.842. The number of hydrogen-bond donors (Lipinski definition) is 2. The number of amides is 1. The zero-order valence-corrected chi connectivity index (χ0v) is 10.8. The third-order valence-corrected chi connectivity index (χ3v) is 3.45. The number of nitrogens with one attached hydrogen (secondary N) is 2. The Kier molecular flexibility index (Phi) is 3.16. The molecular weight excluding hydrogens is 244 g/mol. The average Bonchev–Trinajstić information content (AvgIpc) is 2.81. The number of aryl methyl sites for hydroxylation is 1. The van der Waals surface area contributed by atoms with Gasteiger partial charge in [-0.1, -0.05) is 5.16 Å². The molecule has 3 heterocycles. The molecule has 2 aromatic rings. The van der Waals surface area contributed by atoms with E-state index in [0.29, 0.717) is 11.3 Å². The summed E-state index contributed by atoms with van der Waals surface area (Å²) in [5, 5.41) is 10.9. The van der Waals surface area contributed by atoms with Crippen LogP contribution in [0.25, 0.3) is 11.1 Å². The second-order valence-electron chi connectivity index (χ2n) is 4.84. The van der Waals surface area contributed by atoms with Gasteiger partial charge in [0.05, 0.1) is 16.6 Å². The highest BCUT2D eigenvalue weighted by Crippen LogP contribution is 2.17. The van der Waals surface area contributed by atoms with E-state index in [2.05, 4.69) is 20.8 Å². The van der Waals surface area contributed by atoms with Crippen molar-refractivity contribution in [3.63, 3.8) is 0 Å². The minimum atomic E-state index is -0.0816. The number of nitrogens with zero attached hydrogens (tertiary/aromatic N) is 2. The SMILES string of the molecule is Cc1noc2ncc(C(=O)NC3CCNCC3)cc12. The molecule has 0 radical (unpaired) electrons. The fraction of sp³-hybridized carbons (Fsp3) is 0.462. The predicted molar refractivity (Wildman–Crippen MR) is 69.9 cm³/mol. The molecule has 19 heavy (non-hydrogen) atoms. The molecule has 6 heteroatoms. The highest BCUT2D eigenvalue weighted by atomic mass is 16.5. The van der Waals surface area contributed by atoms with Crippen LogP contribution >= 0.6 is 0 Å². The standard InChI is InChI=1S/C13H16N4O2/c1-8-11-6-9(7-15-13(11)19-17-8)12(18)16-10-2-4-14-5-3-10/h6-7,10,14H,2-5H2,1H3,(H,16,18). The Morgan fingerprint density at radius 2 is 2.26 bits per heavy atom. The number of aromatic nitrogens is 2. The van der Waals surface area contributed by atoms with Crippen LogP contribution in [0.5, 0.6) is 0 Å². The molecule has 1 fully saturated rings. The van der Waals surface area contributed by atoms with Gasteiger partial charge in [-0.2, -0.15) is 0 Å². The van der Waals surface area contributed by atoms with E-state index in [1.54, 1.807) is 6.07 Å². The van der Waals surface area contributed by atoms with E-state index in [0.717, 1.165) is 37.0 Å². The van der Waals surface area contributed by atoms with E-state index in [1.807, 2.05) is 6.92 Å². The molecule has 2 N–H and O–H groups in total. The largest absolute Gasteiger partial charge is 0.349 e. The summed E-state index contributed by atoms with van der Waals surface area (Å²) in [7, 11) is 0. The van der Waals surface area contributed by atoms with Crippen LogP contribution in [0.3, 0.4) is 0 Å². The smallest absolute Gasteiger partial charge is 0.257 e. The predicted octanol–water partition coefficient (Wildman–Crippen LogP) is 1.01. The molecule has 0 saturated carbocycles. The molecule has 0 bridgehead atoms. The van der Waals surface area contributed by atoms with Gasteiger partial charge in [0.1, 0.15) is 0 Å². The van der Waals surface area contributed by atoms with Gasteiger partial charge in [0.15, 0.2) is 0 Å². The number of carbonyl (C=O) groups excluding carboxylic acids is 1. The van der Waals surface area contributed by atoms with Gasteiger partial charge >= 0.3 is 0 Å². The topological polar surface area (TPSA) is 80.0 Å². The zero-order valence-electron chi connectivity index (χ0n) is 10.8. The van der Waals surface area contributed by atoms with E-state index >= 15 is 0 Å². The molecule has 0 spiro atoms. The minimum Gasteiger partial charge on any atom is -0.349 e. The number of hydrogen-bond acceptors (Lipinski definition) is 5. The third kappa shape index (κ3) is 2.44. The van der Waals surface area contributed by atoms with Crippen LogP contribution in [0.4, 0.5) is 0 Å². The first-order valence-electron chi connectivity index (χ1n) is 6.47. The Labute approximate surface area is 110 Å². The van der Waals surface area contributed by atoms with Crippen molar-refractivity contribution >= 4 is 17.0 Å². The van der Waals surface area contributed by atoms with Crippen LogP contribution in [0.2, 0.25) is 0 Å². The molecule has 3 rings (SSSR count). The first-order chi connectivity index (χ1) is 9.24. The summed E-state index contributed by atoms with van der Waals surface area (Å²) in [5.74, 6) is -0.0816. The average molecular weight is 260 g/mol. The molecule has 1 amide bonds. The van der Waals surface area contributed by atoms with Gasteiger partial charge in [-0.05, 0) is 38.9 Å². The summed E-state index contributed by atoms with van der Waals surface area (Å²) in [6.07, 6.45) is 3.46. The van der Waals surface area contributed by atoms with Gasteiger partial charge in [0.25, 0.3) is 11.6 Å². The van der Waals surface area contributed by atoms with E-state index in [4.69, 9.17) is 4.52 Å². The van der Waals surface area contributed by atoms with Crippen LogP contribution in [-0.4, -0.2) is 35.2 Å². The lowest BCUT2D eigenvalue weighted by Gasteiger charge is -2.23. The molecule has 1 saturated heterocycles. The first-order valence-corrected chi connectivity index (χ1v) is 6.47. The van der Waals surface area contributed by atoms with Crippen LogP contribution in [0.15, 0.2) is 16.8 Å². The number of carbonyl (C=O) groups is 1. The Hall–Kier alpha value is -1.95. The summed E-state index contributed by atoms with van der Waals surface area (Å²) in [6.45, 7) is 3.74. The van der Waals surface area contributed by atoms with Crippen molar-refractivity contribution in [2.45, 2.75) is 25.8 Å². The highest BCUT2D eigenvalue weighted by molar-refractivity contribution is 5.97. The van der Waals surface area contributed by atoms with Crippen molar-refractivity contribution in [1.82, 2.24) is 20.8 Å². The van der Waals surface area contributed by atoms with Gasteiger partial charge in [-0.25, -0.2) is 4.98 Å². The van der Waals surface area contributed by atoms with Gasteiger partial charge in [-0.15, -0.1) is 0 Å². The lowest BCUT2D eigenvalue weighted by atomic mass is 10.1. The fourth-order valence-electron chi connectivity index (χ4n) is 2.30. The highest BCUT2D eigenvalue weighted by Gasteiger charge is 2.17. The van der Waals surface area contributed by atoms with E-state index in [9.17, 15) is 4.79 Å². The van der Waals surface area contributed by atoms with Crippen molar-refractivity contribution in [1.29, 1.82) is 0 Å². The summed E-state index contributed by atoms with van der Waals surface area (Å²) >= 11 is 0. The maximum Gasteiger partial charge on any atom is 0.257 e. The molecule has 0 aliphatic carbocycles. The second-order valence-corrected chi connectivity index (χ2v) is 4.84. The molecule has 1 aliphatic heterocycles. The normalized spacial score (nSPS) is 16.7. The fourth-order valence-corrected chi connectivity index (χ4v) is 2.30. The number of fused-ring (bicyclic) bond motifs is 1. The molecule has 0 atom stereocenters. The van der Waals surface area contributed by atoms with Crippen LogP contribution in [0.1, 0.15) is 28.9 Å². The molecule has 2 aromatic heterocycles. The van der Waals surface area contributed by atoms with Gasteiger partial charge in [0, 0.05) is 12.2 Å². The van der Waals surface area contributed by atoms with Crippen molar-refractivity contribution in [2.24, 2.45) is 0 Å². The first kappa shape index (κ1) is 12.1. The zero-order chi connectivity index (χ0) is 13.2. The monoisotopic (exact) mass is 260 g/mol. The Morgan fingerprint density at radius 1 is 1.47 bits per heavy atom. The molecule has 6 nitrogen and oxygen atoms in total. The summed E-state index contributed by atoms with van der Waals surface area (Å²) < 4.78 is 5.03. The molecule has 0 aromatic carbocycles. The Bertz CT molecular complexity index is 602. The number of rotatable bonds is 2. The summed E-state index contributed by atoms with van der Waals surface area (Å²) in [5.41, 5.74) is 1.77. The van der Waals surface area contributed by atoms with Crippen molar-refractivity contribution in [3.05, 3.63) is 23.5 Å². The van der Waals surface area contributed by atoms with E-state index in [-0.39, 0.29) is 11.9 Å². The molecule has 1 aliphatic rings. The Morgan fingerprint density at radius 3 is 3.05 bits per heavy atom. The second kappa shape index (κ2) is 4.97. The van der Waals surface area contributed by atoms with Crippen LogP contribution < -0.4 is 10.6 Å². The molecule has 0 unspecified atom stereocenters. The van der Waals surface area contributed by atoms with Crippen LogP contribution in [0, 0.1) is 6.92 Å². The summed E-state index contributed by atoms with van der Waals surface area (Å²) in [4.78, 5) is 16.3. The molecule has 100 valence electrons. The number of piperidine rings is 1. The van der Waals surface area contributed by atoms with Gasteiger partial charge in [-0.3, -0.25) is 4.79 Å². The number of pyridine rings is 1. The lowest BCUT2D eigenvalue weighted by Crippen LogP contribution is -2.42. The Balaban J connectivity index is 1.78. The summed E-state index contributed by atoms with van der Waals surface area (Å²) in [6, 6.07) is 2.03. The van der Waals surface area contributed by atoms with E-state index in [1.165, 1.54) is 6.20 Å².